The van der Waals surface area contributed by atoms with Crippen LogP contribution in [0, 0.1) is 0 Å². The molecule has 1 unspecified atom stereocenters. The van der Waals surface area contributed by atoms with Gasteiger partial charge in [0.25, 0.3) is 5.91 Å². The molecule has 106 valence electrons. The monoisotopic (exact) mass is 330 g/mol. The van der Waals surface area contributed by atoms with Crippen molar-refractivity contribution in [2.45, 2.75) is 31.9 Å². The maximum atomic E-state index is 12.2. The number of aromatic nitrogens is 1. The second-order valence-electron chi connectivity index (χ2n) is 5.25. The van der Waals surface area contributed by atoms with Crippen LogP contribution in [0.25, 0.3) is 0 Å². The molecular formula is C13H19BrN2O3. The van der Waals surface area contributed by atoms with E-state index < -0.39 is 5.60 Å². The predicted octanol–water partition coefficient (Wildman–Crippen LogP) is 1.71. The molecule has 0 saturated carbocycles. The number of nitrogens with zero attached hydrogens (tertiary/aromatic N) is 1. The van der Waals surface area contributed by atoms with Crippen molar-refractivity contribution in [2.24, 2.45) is 0 Å². The summed E-state index contributed by atoms with van der Waals surface area (Å²) in [6.07, 6.45) is 2.44. The van der Waals surface area contributed by atoms with Crippen molar-refractivity contribution in [1.29, 1.82) is 0 Å². The Labute approximate surface area is 121 Å². The Hall–Kier alpha value is -0.850. The van der Waals surface area contributed by atoms with Gasteiger partial charge in [0.05, 0.1) is 6.61 Å². The Morgan fingerprint density at radius 3 is 3.00 bits per heavy atom. The molecule has 0 aromatic carbocycles. The van der Waals surface area contributed by atoms with Crippen LogP contribution in [0.4, 0.5) is 0 Å². The first-order valence-electron chi connectivity index (χ1n) is 6.37. The minimum Gasteiger partial charge on any atom is -0.386 e. The van der Waals surface area contributed by atoms with Crippen molar-refractivity contribution in [3.05, 3.63) is 22.4 Å². The van der Waals surface area contributed by atoms with E-state index in [-0.39, 0.29) is 25.1 Å². The highest BCUT2D eigenvalue weighted by molar-refractivity contribution is 9.10. The van der Waals surface area contributed by atoms with E-state index in [1.807, 2.05) is 24.6 Å². The first kappa shape index (κ1) is 14.6. The number of ether oxygens (including phenoxy) is 1. The highest BCUT2D eigenvalue weighted by atomic mass is 79.9. The van der Waals surface area contributed by atoms with Crippen LogP contribution < -0.4 is 5.32 Å². The molecular weight excluding hydrogens is 312 g/mol. The van der Waals surface area contributed by atoms with Gasteiger partial charge in [0.15, 0.2) is 0 Å². The van der Waals surface area contributed by atoms with Crippen LogP contribution in [-0.4, -0.2) is 40.9 Å². The SMILES string of the molecule is CC(C)n1cc(Br)cc1C(=O)NCC1(O)CCOC1. The molecule has 1 atom stereocenters. The van der Waals surface area contributed by atoms with E-state index in [1.165, 1.54) is 0 Å². The van der Waals surface area contributed by atoms with E-state index in [1.54, 1.807) is 6.07 Å². The fraction of sp³-hybridized carbons (Fsp3) is 0.615. The molecule has 0 aliphatic carbocycles. The summed E-state index contributed by atoms with van der Waals surface area (Å²) in [5.41, 5.74) is -0.341. The third-order valence-electron chi connectivity index (χ3n) is 3.26. The highest BCUT2D eigenvalue weighted by Crippen LogP contribution is 2.20. The average molecular weight is 331 g/mol. The molecule has 0 bridgehead atoms. The maximum absolute atomic E-state index is 12.2. The van der Waals surface area contributed by atoms with Gasteiger partial charge >= 0.3 is 0 Å². The fourth-order valence-corrected chi connectivity index (χ4v) is 2.56. The van der Waals surface area contributed by atoms with Crippen LogP contribution in [0.15, 0.2) is 16.7 Å². The predicted molar refractivity (Wildman–Crippen MR) is 75.2 cm³/mol. The summed E-state index contributed by atoms with van der Waals surface area (Å²) in [6, 6.07) is 1.98. The number of hydrogen-bond donors (Lipinski definition) is 2. The van der Waals surface area contributed by atoms with Crippen molar-refractivity contribution in [1.82, 2.24) is 9.88 Å². The number of hydrogen-bond acceptors (Lipinski definition) is 3. The zero-order chi connectivity index (χ0) is 14.0. The molecule has 2 N–H and O–H groups in total. The lowest BCUT2D eigenvalue weighted by atomic mass is 10.0. The largest absolute Gasteiger partial charge is 0.386 e. The first-order chi connectivity index (χ1) is 8.91. The van der Waals surface area contributed by atoms with Crippen LogP contribution in [0.1, 0.15) is 36.8 Å². The van der Waals surface area contributed by atoms with Crippen molar-refractivity contribution < 1.29 is 14.6 Å². The molecule has 2 heterocycles. The van der Waals surface area contributed by atoms with Crippen LogP contribution in [-0.2, 0) is 4.74 Å². The topological polar surface area (TPSA) is 63.5 Å². The van der Waals surface area contributed by atoms with Gasteiger partial charge < -0.3 is 19.7 Å². The van der Waals surface area contributed by atoms with E-state index in [9.17, 15) is 9.90 Å². The van der Waals surface area contributed by atoms with Crippen LogP contribution in [0.5, 0.6) is 0 Å². The lowest BCUT2D eigenvalue weighted by Crippen LogP contribution is -2.43. The van der Waals surface area contributed by atoms with Gasteiger partial charge in [0, 0.05) is 36.3 Å². The minimum atomic E-state index is -0.928. The van der Waals surface area contributed by atoms with Gasteiger partial charge in [-0.3, -0.25) is 4.79 Å². The molecule has 1 aliphatic heterocycles. The highest BCUT2D eigenvalue weighted by Gasteiger charge is 2.32. The van der Waals surface area contributed by atoms with Crippen LogP contribution in [0.2, 0.25) is 0 Å². The molecule has 1 aromatic heterocycles. The van der Waals surface area contributed by atoms with Gasteiger partial charge in [-0.25, -0.2) is 0 Å². The normalized spacial score (nSPS) is 23.0. The molecule has 1 aliphatic rings. The lowest BCUT2D eigenvalue weighted by Gasteiger charge is -2.21. The summed E-state index contributed by atoms with van der Waals surface area (Å²) in [6.45, 7) is 5.07. The molecule has 0 radical (unpaired) electrons. The smallest absolute Gasteiger partial charge is 0.268 e. The summed E-state index contributed by atoms with van der Waals surface area (Å²) in [5, 5.41) is 12.9. The minimum absolute atomic E-state index is 0.181. The van der Waals surface area contributed by atoms with Crippen molar-refractivity contribution >= 4 is 21.8 Å². The fourth-order valence-electron chi connectivity index (χ4n) is 2.13. The third-order valence-corrected chi connectivity index (χ3v) is 3.70. The summed E-state index contributed by atoms with van der Waals surface area (Å²) >= 11 is 3.38. The molecule has 1 aromatic rings. The second-order valence-corrected chi connectivity index (χ2v) is 6.17. The number of halogens is 1. The van der Waals surface area contributed by atoms with Crippen LogP contribution in [0.3, 0.4) is 0 Å². The van der Waals surface area contributed by atoms with E-state index in [0.717, 1.165) is 4.47 Å². The summed E-state index contributed by atoms with van der Waals surface area (Å²) < 4.78 is 7.92. The van der Waals surface area contributed by atoms with Crippen LogP contribution >= 0.6 is 15.9 Å². The lowest BCUT2D eigenvalue weighted by molar-refractivity contribution is 0.0263. The number of rotatable bonds is 4. The average Bonchev–Trinajstić information content (AvgIpc) is 2.93. The molecule has 1 amide bonds. The molecule has 5 nitrogen and oxygen atoms in total. The van der Waals surface area contributed by atoms with E-state index in [4.69, 9.17) is 4.74 Å². The summed E-state index contributed by atoms with van der Waals surface area (Å²) in [4.78, 5) is 12.2. The zero-order valence-electron chi connectivity index (χ0n) is 11.1. The number of carbonyl (C=O) groups is 1. The second kappa shape index (κ2) is 5.64. The molecule has 1 saturated heterocycles. The Morgan fingerprint density at radius 1 is 1.68 bits per heavy atom. The summed E-state index contributed by atoms with van der Waals surface area (Å²) in [7, 11) is 0. The van der Waals surface area contributed by atoms with Gasteiger partial charge in [-0.15, -0.1) is 0 Å². The van der Waals surface area contributed by atoms with Crippen molar-refractivity contribution in [3.8, 4) is 0 Å². The van der Waals surface area contributed by atoms with Gasteiger partial charge in [-0.2, -0.15) is 0 Å². The Morgan fingerprint density at radius 2 is 2.42 bits per heavy atom. The molecule has 19 heavy (non-hydrogen) atoms. The maximum Gasteiger partial charge on any atom is 0.268 e. The molecule has 0 spiro atoms. The number of aliphatic hydroxyl groups is 1. The number of carbonyl (C=O) groups excluding carboxylic acids is 1. The quantitative estimate of drug-likeness (QED) is 0.883. The molecule has 2 rings (SSSR count). The summed E-state index contributed by atoms with van der Waals surface area (Å²) in [5.74, 6) is -0.181. The van der Waals surface area contributed by atoms with E-state index >= 15 is 0 Å². The Bertz CT molecular complexity index is 464. The van der Waals surface area contributed by atoms with Crippen molar-refractivity contribution in [2.75, 3.05) is 19.8 Å². The Kier molecular flexibility index (Phi) is 4.32. The van der Waals surface area contributed by atoms with Gasteiger partial charge in [0.1, 0.15) is 11.3 Å². The Balaban J connectivity index is 2.03. The van der Waals surface area contributed by atoms with E-state index in [0.29, 0.717) is 18.7 Å². The van der Waals surface area contributed by atoms with Gasteiger partial charge in [-0.05, 0) is 35.8 Å². The molecule has 1 fully saturated rings. The van der Waals surface area contributed by atoms with Gasteiger partial charge in [-0.1, -0.05) is 0 Å². The van der Waals surface area contributed by atoms with Crippen molar-refractivity contribution in [3.63, 3.8) is 0 Å². The van der Waals surface area contributed by atoms with E-state index in [2.05, 4.69) is 21.2 Å². The number of nitrogens with one attached hydrogen (secondary N) is 1. The first-order valence-corrected chi connectivity index (χ1v) is 7.16. The molecule has 6 heteroatoms. The number of amides is 1. The standard InChI is InChI=1S/C13H19BrN2O3/c1-9(2)16-6-10(14)5-11(16)12(17)15-7-13(18)3-4-19-8-13/h5-6,9,18H,3-4,7-8H2,1-2H3,(H,15,17). The van der Waals surface area contributed by atoms with Gasteiger partial charge in [0.2, 0.25) is 0 Å². The third kappa shape index (κ3) is 3.38. The zero-order valence-corrected chi connectivity index (χ0v) is 12.7.